The molecule has 3 heteroatoms. The average Bonchev–Trinajstić information content (AvgIpc) is 1.85. The van der Waals surface area contributed by atoms with Gasteiger partial charge >= 0.3 is 0 Å². The third kappa shape index (κ3) is 1.83. The van der Waals surface area contributed by atoms with Gasteiger partial charge in [-0.1, -0.05) is 27.7 Å². The van der Waals surface area contributed by atoms with Gasteiger partial charge in [-0.05, 0) is 0 Å². The summed E-state index contributed by atoms with van der Waals surface area (Å²) in [6.07, 6.45) is -0.150. The fourth-order valence-electron chi connectivity index (χ4n) is 0.923. The molecule has 0 spiro atoms. The Bertz CT molecular complexity index is 129. The van der Waals surface area contributed by atoms with E-state index in [4.69, 9.17) is 5.11 Å². The molecule has 0 aliphatic carbocycles. The minimum absolute atomic E-state index is 0.109. The van der Waals surface area contributed by atoms with Gasteiger partial charge in [0.15, 0.2) is 0 Å². The minimum Gasteiger partial charge on any atom is -0.389 e. The van der Waals surface area contributed by atoms with Crippen LogP contribution < -0.4 is 0 Å². The van der Waals surface area contributed by atoms with Crippen LogP contribution in [0.25, 0.3) is 0 Å². The molecule has 0 aliphatic heterocycles. The lowest BCUT2D eigenvalue weighted by molar-refractivity contribution is 0.354. The standard InChI is InChI=1S/C7H17O2P/c1-6(2)10(9,5-8)7(3)4/h6-8H,5H2,1-4H3. The largest absolute Gasteiger partial charge is 0.389 e. The first-order valence-corrected chi connectivity index (χ1v) is 5.67. The predicted molar refractivity (Wildman–Crippen MR) is 45.0 cm³/mol. The fraction of sp³-hybridized carbons (Fsp3) is 1.00. The van der Waals surface area contributed by atoms with E-state index in [0.717, 1.165) is 0 Å². The summed E-state index contributed by atoms with van der Waals surface area (Å²) in [5.74, 6) is 0. The second-order valence-corrected chi connectivity index (χ2v) is 7.24. The average molecular weight is 164 g/mol. The van der Waals surface area contributed by atoms with Gasteiger partial charge in [0.05, 0.1) is 6.35 Å². The van der Waals surface area contributed by atoms with Crippen LogP contribution in [0, 0.1) is 0 Å². The number of hydrogen-bond acceptors (Lipinski definition) is 2. The summed E-state index contributed by atoms with van der Waals surface area (Å²) in [5, 5.41) is 8.86. The van der Waals surface area contributed by atoms with Crippen molar-refractivity contribution in [1.29, 1.82) is 0 Å². The van der Waals surface area contributed by atoms with Crippen LogP contribution in [0.5, 0.6) is 0 Å². The van der Waals surface area contributed by atoms with Gasteiger partial charge in [-0.25, -0.2) is 0 Å². The topological polar surface area (TPSA) is 37.3 Å². The SMILES string of the molecule is CC(C)P(=O)(CO)C(C)C. The van der Waals surface area contributed by atoms with E-state index in [-0.39, 0.29) is 17.7 Å². The van der Waals surface area contributed by atoms with E-state index in [9.17, 15) is 4.57 Å². The zero-order valence-electron chi connectivity index (χ0n) is 7.16. The molecule has 0 atom stereocenters. The molecule has 0 unspecified atom stereocenters. The fourth-order valence-corrected chi connectivity index (χ4v) is 2.77. The second-order valence-electron chi connectivity index (χ2n) is 3.18. The second kappa shape index (κ2) is 3.54. The molecule has 0 aromatic heterocycles. The van der Waals surface area contributed by atoms with Crippen molar-refractivity contribution in [3.8, 4) is 0 Å². The Labute approximate surface area is 63.0 Å². The van der Waals surface area contributed by atoms with Gasteiger partial charge in [0.25, 0.3) is 0 Å². The third-order valence-corrected chi connectivity index (χ3v) is 5.91. The highest BCUT2D eigenvalue weighted by molar-refractivity contribution is 7.65. The normalized spacial score (nSPS) is 13.1. The van der Waals surface area contributed by atoms with Crippen molar-refractivity contribution in [2.45, 2.75) is 39.0 Å². The van der Waals surface area contributed by atoms with Crippen LogP contribution >= 0.6 is 7.14 Å². The van der Waals surface area contributed by atoms with Gasteiger partial charge < -0.3 is 9.67 Å². The molecular formula is C7H17O2P. The molecule has 0 fully saturated rings. The number of hydrogen-bond donors (Lipinski definition) is 1. The summed E-state index contributed by atoms with van der Waals surface area (Å²) >= 11 is 0. The van der Waals surface area contributed by atoms with E-state index in [2.05, 4.69) is 0 Å². The molecule has 0 aromatic rings. The first-order valence-electron chi connectivity index (χ1n) is 3.64. The van der Waals surface area contributed by atoms with Gasteiger partial charge in [-0.3, -0.25) is 0 Å². The van der Waals surface area contributed by atoms with E-state index in [1.54, 1.807) is 0 Å². The Kier molecular flexibility index (Phi) is 3.61. The molecule has 0 aromatic carbocycles. The van der Waals surface area contributed by atoms with E-state index in [1.165, 1.54) is 0 Å². The molecule has 10 heavy (non-hydrogen) atoms. The van der Waals surface area contributed by atoms with E-state index >= 15 is 0 Å². The van der Waals surface area contributed by atoms with Crippen molar-refractivity contribution in [2.75, 3.05) is 6.35 Å². The molecule has 1 N–H and O–H groups in total. The molecule has 0 saturated heterocycles. The van der Waals surface area contributed by atoms with Gasteiger partial charge in [0.1, 0.15) is 7.14 Å². The van der Waals surface area contributed by atoms with Crippen molar-refractivity contribution in [1.82, 2.24) is 0 Å². The van der Waals surface area contributed by atoms with Crippen LogP contribution in [0.1, 0.15) is 27.7 Å². The summed E-state index contributed by atoms with van der Waals surface area (Å²) in [6.45, 7) is 7.60. The minimum atomic E-state index is -2.29. The molecule has 62 valence electrons. The molecule has 0 heterocycles. The van der Waals surface area contributed by atoms with Gasteiger partial charge in [0.2, 0.25) is 0 Å². The number of aliphatic hydroxyl groups is 1. The summed E-state index contributed by atoms with van der Waals surface area (Å²) < 4.78 is 11.7. The maximum atomic E-state index is 11.7. The lowest BCUT2D eigenvalue weighted by Crippen LogP contribution is -2.10. The van der Waals surface area contributed by atoms with Crippen LogP contribution in [-0.2, 0) is 4.57 Å². The maximum absolute atomic E-state index is 11.7. The molecule has 0 rings (SSSR count). The zero-order chi connectivity index (χ0) is 8.36. The van der Waals surface area contributed by atoms with E-state index in [1.807, 2.05) is 27.7 Å². The van der Waals surface area contributed by atoms with E-state index in [0.29, 0.717) is 0 Å². The Hall–Kier alpha value is 0.190. The quantitative estimate of drug-likeness (QED) is 0.648. The molecule has 2 nitrogen and oxygen atoms in total. The molecule has 0 bridgehead atoms. The summed E-state index contributed by atoms with van der Waals surface area (Å²) in [6, 6.07) is 0. The monoisotopic (exact) mass is 164 g/mol. The first-order chi connectivity index (χ1) is 4.45. The van der Waals surface area contributed by atoms with Crippen LogP contribution in [0.2, 0.25) is 0 Å². The first kappa shape index (κ1) is 10.2. The Morgan fingerprint density at radius 2 is 1.50 bits per heavy atom. The van der Waals surface area contributed by atoms with Gasteiger partial charge in [0, 0.05) is 11.3 Å². The summed E-state index contributed by atoms with van der Waals surface area (Å²) in [7, 11) is -2.29. The molecule has 0 radical (unpaired) electrons. The molecule has 0 aliphatic rings. The molecular weight excluding hydrogens is 147 g/mol. The Morgan fingerprint density at radius 3 is 1.50 bits per heavy atom. The predicted octanol–water partition coefficient (Wildman–Crippen LogP) is 2.12. The highest BCUT2D eigenvalue weighted by Gasteiger charge is 2.28. The third-order valence-electron chi connectivity index (χ3n) is 1.97. The van der Waals surface area contributed by atoms with Crippen LogP contribution in [0.3, 0.4) is 0 Å². The van der Waals surface area contributed by atoms with Gasteiger partial charge in [-0.2, -0.15) is 0 Å². The van der Waals surface area contributed by atoms with Crippen molar-refractivity contribution in [3.05, 3.63) is 0 Å². The van der Waals surface area contributed by atoms with Gasteiger partial charge in [-0.15, -0.1) is 0 Å². The van der Waals surface area contributed by atoms with Crippen molar-refractivity contribution in [2.24, 2.45) is 0 Å². The van der Waals surface area contributed by atoms with Crippen molar-refractivity contribution >= 4 is 7.14 Å². The lowest BCUT2D eigenvalue weighted by atomic mass is 10.5. The van der Waals surface area contributed by atoms with Crippen molar-refractivity contribution in [3.63, 3.8) is 0 Å². The summed E-state index contributed by atoms with van der Waals surface area (Å²) in [5.41, 5.74) is 0.218. The van der Waals surface area contributed by atoms with E-state index < -0.39 is 7.14 Å². The van der Waals surface area contributed by atoms with Crippen LogP contribution in [-0.4, -0.2) is 22.8 Å². The molecule has 0 saturated carbocycles. The van der Waals surface area contributed by atoms with Crippen LogP contribution in [0.15, 0.2) is 0 Å². The zero-order valence-corrected chi connectivity index (χ0v) is 8.06. The maximum Gasteiger partial charge on any atom is 0.116 e. The smallest absolute Gasteiger partial charge is 0.116 e. The van der Waals surface area contributed by atoms with Crippen LogP contribution in [0.4, 0.5) is 0 Å². The summed E-state index contributed by atoms with van der Waals surface area (Å²) in [4.78, 5) is 0. The molecule has 0 amide bonds. The Morgan fingerprint density at radius 1 is 1.20 bits per heavy atom. The number of rotatable bonds is 3. The van der Waals surface area contributed by atoms with Crippen molar-refractivity contribution < 1.29 is 9.67 Å². The highest BCUT2D eigenvalue weighted by atomic mass is 31.2. The Balaban J connectivity index is 4.40. The lowest BCUT2D eigenvalue weighted by Gasteiger charge is -2.23. The number of aliphatic hydroxyl groups excluding tert-OH is 1. The highest BCUT2D eigenvalue weighted by Crippen LogP contribution is 2.53.